The molecule has 0 fully saturated rings. The van der Waals surface area contributed by atoms with E-state index in [1.54, 1.807) is 36.4 Å². The monoisotopic (exact) mass is 443 g/mol. The van der Waals surface area contributed by atoms with Crippen LogP contribution in [0.3, 0.4) is 0 Å². The van der Waals surface area contributed by atoms with E-state index >= 15 is 0 Å². The summed E-state index contributed by atoms with van der Waals surface area (Å²) < 4.78 is 13.2. The van der Waals surface area contributed by atoms with E-state index in [4.69, 9.17) is 23.2 Å². The van der Waals surface area contributed by atoms with Gasteiger partial charge in [-0.1, -0.05) is 41.4 Å². The minimum absolute atomic E-state index is 0.125. The Labute approximate surface area is 182 Å². The minimum Gasteiger partial charge on any atom is -0.375 e. The van der Waals surface area contributed by atoms with E-state index in [1.807, 2.05) is 0 Å². The molecule has 1 heterocycles. The summed E-state index contributed by atoms with van der Waals surface area (Å²) in [5.74, 6) is -1.61. The Morgan fingerprint density at radius 1 is 1.03 bits per heavy atom. The van der Waals surface area contributed by atoms with Gasteiger partial charge in [0, 0.05) is 21.2 Å². The van der Waals surface area contributed by atoms with Gasteiger partial charge in [-0.2, -0.15) is 0 Å². The average molecular weight is 444 g/mol. The fourth-order valence-corrected chi connectivity index (χ4v) is 3.99. The van der Waals surface area contributed by atoms with E-state index in [2.05, 4.69) is 0 Å². The maximum absolute atomic E-state index is 13.3. The molecule has 1 aliphatic heterocycles. The third-order valence-corrected chi connectivity index (χ3v) is 5.77. The molecule has 0 bridgehead atoms. The first kappa shape index (κ1) is 20.5. The van der Waals surface area contributed by atoms with Gasteiger partial charge in [-0.05, 0) is 54.1 Å². The van der Waals surface area contributed by atoms with E-state index < -0.39 is 29.5 Å². The highest BCUT2D eigenvalue weighted by molar-refractivity contribution is 6.31. The molecule has 3 aromatic rings. The summed E-state index contributed by atoms with van der Waals surface area (Å²) in [5, 5.41) is 12.2. The van der Waals surface area contributed by atoms with Crippen molar-refractivity contribution in [2.45, 2.75) is 18.6 Å². The first-order valence-electron chi connectivity index (χ1n) is 9.16. The van der Waals surface area contributed by atoms with Crippen LogP contribution in [-0.4, -0.2) is 16.8 Å². The molecule has 0 spiro atoms. The fourth-order valence-electron chi connectivity index (χ4n) is 3.62. The Balaban J connectivity index is 1.72. The molecular weight excluding hydrogens is 428 g/mol. The van der Waals surface area contributed by atoms with Gasteiger partial charge in [0.1, 0.15) is 5.82 Å². The standard InChI is InChI=1S/C23H16Cl2FNO3/c24-16-7-10-20-18(11-16)23(30,12-21(28)14-5-8-17(26)9-6-14)22(29)27(20)13-15-3-1-2-4-19(15)25/h1-11,30H,12-13H2/t23-/m1/s1. The Hall–Kier alpha value is -2.73. The molecule has 0 saturated carbocycles. The number of amides is 1. The second-order valence-electron chi connectivity index (χ2n) is 7.11. The van der Waals surface area contributed by atoms with Crippen LogP contribution in [0.1, 0.15) is 27.9 Å². The average Bonchev–Trinajstić information content (AvgIpc) is 2.91. The number of ketones is 1. The molecule has 0 aromatic heterocycles. The van der Waals surface area contributed by atoms with Gasteiger partial charge in [0.25, 0.3) is 5.91 Å². The molecule has 7 heteroatoms. The SMILES string of the molecule is O=C(C[C@]1(O)C(=O)N(Cc2ccccc2Cl)c2ccc(Cl)cc21)c1ccc(F)cc1. The summed E-state index contributed by atoms with van der Waals surface area (Å²) in [6.07, 6.45) is -0.496. The zero-order chi connectivity index (χ0) is 21.5. The first-order chi connectivity index (χ1) is 14.3. The third kappa shape index (κ3) is 3.60. The second kappa shape index (κ2) is 7.84. The van der Waals surface area contributed by atoms with Crippen molar-refractivity contribution in [1.82, 2.24) is 0 Å². The molecule has 1 aliphatic rings. The number of anilines is 1. The highest BCUT2D eigenvalue weighted by atomic mass is 35.5. The van der Waals surface area contributed by atoms with Crippen molar-refractivity contribution in [1.29, 1.82) is 0 Å². The Morgan fingerprint density at radius 3 is 2.43 bits per heavy atom. The number of rotatable bonds is 5. The summed E-state index contributed by atoms with van der Waals surface area (Å²) in [4.78, 5) is 27.5. The van der Waals surface area contributed by atoms with Gasteiger partial charge in [0.05, 0.1) is 18.7 Å². The molecule has 0 saturated heterocycles. The summed E-state index contributed by atoms with van der Waals surface area (Å²) in [6.45, 7) is 0.125. The van der Waals surface area contributed by atoms with Crippen LogP contribution >= 0.6 is 23.2 Å². The lowest BCUT2D eigenvalue weighted by Crippen LogP contribution is -2.41. The molecule has 1 atom stereocenters. The van der Waals surface area contributed by atoms with Gasteiger partial charge in [0.2, 0.25) is 0 Å². The number of halogens is 3. The topological polar surface area (TPSA) is 57.6 Å². The Morgan fingerprint density at radius 2 is 1.73 bits per heavy atom. The van der Waals surface area contributed by atoms with Crippen LogP contribution in [0.15, 0.2) is 66.7 Å². The van der Waals surface area contributed by atoms with E-state index in [9.17, 15) is 19.1 Å². The maximum Gasteiger partial charge on any atom is 0.264 e. The lowest BCUT2D eigenvalue weighted by Gasteiger charge is -2.23. The molecule has 4 rings (SSSR count). The highest BCUT2D eigenvalue weighted by Gasteiger charge is 2.51. The van der Waals surface area contributed by atoms with Crippen LogP contribution in [0, 0.1) is 5.82 Å². The van der Waals surface area contributed by atoms with Gasteiger partial charge >= 0.3 is 0 Å². The number of aliphatic hydroxyl groups is 1. The van der Waals surface area contributed by atoms with Gasteiger partial charge in [-0.3, -0.25) is 9.59 Å². The summed E-state index contributed by atoms with van der Waals surface area (Å²) in [7, 11) is 0. The number of nitrogens with zero attached hydrogens (tertiary/aromatic N) is 1. The number of hydrogen-bond donors (Lipinski definition) is 1. The molecule has 0 aliphatic carbocycles. The number of carbonyl (C=O) groups excluding carboxylic acids is 2. The van der Waals surface area contributed by atoms with Crippen LogP contribution in [0.2, 0.25) is 10.0 Å². The number of carbonyl (C=O) groups is 2. The number of benzene rings is 3. The van der Waals surface area contributed by atoms with E-state index in [0.29, 0.717) is 21.3 Å². The zero-order valence-electron chi connectivity index (χ0n) is 15.6. The third-order valence-electron chi connectivity index (χ3n) is 5.16. The summed E-state index contributed by atoms with van der Waals surface area (Å²) in [5.41, 5.74) is -0.484. The van der Waals surface area contributed by atoms with Crippen molar-refractivity contribution in [2.24, 2.45) is 0 Å². The molecule has 3 aromatic carbocycles. The lowest BCUT2D eigenvalue weighted by molar-refractivity contribution is -0.136. The Bertz CT molecular complexity index is 1150. The zero-order valence-corrected chi connectivity index (χ0v) is 17.1. The number of hydrogen-bond acceptors (Lipinski definition) is 3. The maximum atomic E-state index is 13.3. The molecule has 0 radical (unpaired) electrons. The van der Waals surface area contributed by atoms with Crippen LogP contribution in [0.25, 0.3) is 0 Å². The number of Topliss-reactive ketones (excluding diaryl/α,β-unsaturated/α-hetero) is 1. The predicted octanol–water partition coefficient (Wildman–Crippen LogP) is 5.14. The quantitative estimate of drug-likeness (QED) is 0.555. The normalized spacial score (nSPS) is 17.9. The molecule has 4 nitrogen and oxygen atoms in total. The van der Waals surface area contributed by atoms with Crippen molar-refractivity contribution in [3.8, 4) is 0 Å². The van der Waals surface area contributed by atoms with Crippen molar-refractivity contribution in [3.63, 3.8) is 0 Å². The molecule has 0 unspecified atom stereocenters. The van der Waals surface area contributed by atoms with Crippen LogP contribution in [-0.2, 0) is 16.9 Å². The number of fused-ring (bicyclic) bond motifs is 1. The van der Waals surface area contributed by atoms with Crippen molar-refractivity contribution >= 4 is 40.6 Å². The minimum atomic E-state index is -2.09. The lowest BCUT2D eigenvalue weighted by atomic mass is 9.88. The van der Waals surface area contributed by atoms with Crippen molar-refractivity contribution in [3.05, 3.63) is 99.3 Å². The largest absolute Gasteiger partial charge is 0.375 e. The van der Waals surface area contributed by atoms with Crippen LogP contribution < -0.4 is 4.90 Å². The molecule has 1 amide bonds. The Kier molecular flexibility index (Phi) is 5.36. The molecular formula is C23H16Cl2FNO3. The van der Waals surface area contributed by atoms with E-state index in [1.165, 1.54) is 23.1 Å². The molecule has 30 heavy (non-hydrogen) atoms. The van der Waals surface area contributed by atoms with Crippen LogP contribution in [0.4, 0.5) is 10.1 Å². The van der Waals surface area contributed by atoms with Crippen LogP contribution in [0.5, 0.6) is 0 Å². The first-order valence-corrected chi connectivity index (χ1v) is 9.92. The molecule has 152 valence electrons. The summed E-state index contributed by atoms with van der Waals surface area (Å²) in [6, 6.07) is 16.8. The molecule has 1 N–H and O–H groups in total. The highest BCUT2D eigenvalue weighted by Crippen LogP contribution is 2.45. The van der Waals surface area contributed by atoms with Gasteiger partial charge in [-0.25, -0.2) is 4.39 Å². The van der Waals surface area contributed by atoms with E-state index in [-0.39, 0.29) is 17.7 Å². The predicted molar refractivity (Wildman–Crippen MR) is 113 cm³/mol. The van der Waals surface area contributed by atoms with Gasteiger partial charge < -0.3 is 10.0 Å². The fraction of sp³-hybridized carbons (Fsp3) is 0.130. The second-order valence-corrected chi connectivity index (χ2v) is 7.95. The van der Waals surface area contributed by atoms with E-state index in [0.717, 1.165) is 12.1 Å². The van der Waals surface area contributed by atoms with Gasteiger partial charge in [0.15, 0.2) is 11.4 Å². The van der Waals surface area contributed by atoms with Gasteiger partial charge in [-0.15, -0.1) is 0 Å². The summed E-state index contributed by atoms with van der Waals surface area (Å²) >= 11 is 12.4. The van der Waals surface area contributed by atoms with Crippen molar-refractivity contribution in [2.75, 3.05) is 4.90 Å². The smallest absolute Gasteiger partial charge is 0.264 e. The van der Waals surface area contributed by atoms with Crippen molar-refractivity contribution < 1.29 is 19.1 Å².